The Morgan fingerprint density at radius 1 is 1.38 bits per heavy atom. The van der Waals surface area contributed by atoms with E-state index in [2.05, 4.69) is 24.0 Å². The fraction of sp³-hybridized carbons (Fsp3) is 0.167. The van der Waals surface area contributed by atoms with Crippen LogP contribution < -0.4 is 5.73 Å². The van der Waals surface area contributed by atoms with Crippen molar-refractivity contribution < 1.29 is 4.79 Å². The molecular weight excluding hydrogens is 220 g/mol. The van der Waals surface area contributed by atoms with Crippen molar-refractivity contribution in [3.63, 3.8) is 0 Å². The lowest BCUT2D eigenvalue weighted by molar-refractivity contribution is -0.113. The second-order valence-electron chi connectivity index (χ2n) is 3.46. The van der Waals surface area contributed by atoms with Crippen LogP contribution in [0.5, 0.6) is 0 Å². The van der Waals surface area contributed by atoms with Gasteiger partial charge in [0.2, 0.25) is 0 Å². The first-order valence-electron chi connectivity index (χ1n) is 5.06. The monoisotopic (exact) mass is 232 g/mol. The van der Waals surface area contributed by atoms with E-state index in [0.29, 0.717) is 10.1 Å². The van der Waals surface area contributed by atoms with E-state index in [1.807, 2.05) is 18.2 Å². The van der Waals surface area contributed by atoms with E-state index < -0.39 is 0 Å². The highest BCUT2D eigenvalue weighted by Crippen LogP contribution is 2.26. The molecule has 2 rings (SSSR count). The van der Waals surface area contributed by atoms with Crippen molar-refractivity contribution in [2.24, 2.45) is 10.7 Å². The zero-order valence-corrected chi connectivity index (χ0v) is 9.75. The van der Waals surface area contributed by atoms with Crippen molar-refractivity contribution in [2.75, 3.05) is 0 Å². The van der Waals surface area contributed by atoms with Gasteiger partial charge in [-0.15, -0.1) is 0 Å². The number of amidine groups is 1. The average Bonchev–Trinajstić information content (AvgIpc) is 2.59. The van der Waals surface area contributed by atoms with E-state index in [-0.39, 0.29) is 5.91 Å². The molecule has 0 saturated heterocycles. The minimum Gasteiger partial charge on any atom is -0.378 e. The zero-order chi connectivity index (χ0) is 11.5. The molecule has 16 heavy (non-hydrogen) atoms. The van der Waals surface area contributed by atoms with Crippen LogP contribution >= 0.6 is 11.8 Å². The Balaban J connectivity index is 2.21. The van der Waals surface area contributed by atoms with Crippen LogP contribution in [0.2, 0.25) is 0 Å². The van der Waals surface area contributed by atoms with Crippen molar-refractivity contribution in [3.05, 3.63) is 40.3 Å². The maximum Gasteiger partial charge on any atom is 0.286 e. The van der Waals surface area contributed by atoms with Gasteiger partial charge in [-0.25, -0.2) is 0 Å². The second-order valence-corrected chi connectivity index (χ2v) is 4.52. The van der Waals surface area contributed by atoms with Gasteiger partial charge >= 0.3 is 0 Å². The summed E-state index contributed by atoms with van der Waals surface area (Å²) in [5.74, 6) is -0.248. The van der Waals surface area contributed by atoms with Crippen molar-refractivity contribution in [1.82, 2.24) is 0 Å². The Labute approximate surface area is 98.4 Å². The summed E-state index contributed by atoms with van der Waals surface area (Å²) in [6.07, 6.45) is 2.83. The Kier molecular flexibility index (Phi) is 3.10. The molecule has 0 spiro atoms. The number of hydrogen-bond acceptors (Lipinski definition) is 3. The minimum atomic E-state index is -0.248. The average molecular weight is 232 g/mol. The third kappa shape index (κ3) is 2.33. The number of aliphatic imine (C=N–C) groups is 1. The van der Waals surface area contributed by atoms with Gasteiger partial charge in [0.15, 0.2) is 5.17 Å². The number of carbonyl (C=O) groups is 1. The van der Waals surface area contributed by atoms with Crippen LogP contribution in [0, 0.1) is 0 Å². The van der Waals surface area contributed by atoms with Gasteiger partial charge in [-0.1, -0.05) is 31.2 Å². The predicted molar refractivity (Wildman–Crippen MR) is 68.0 cm³/mol. The molecular formula is C12H12N2OS. The number of rotatable bonds is 2. The van der Waals surface area contributed by atoms with Crippen LogP contribution in [-0.2, 0) is 11.2 Å². The van der Waals surface area contributed by atoms with E-state index in [4.69, 9.17) is 5.73 Å². The molecule has 0 atom stereocenters. The van der Waals surface area contributed by atoms with Crippen LogP contribution in [-0.4, -0.2) is 11.1 Å². The first-order valence-corrected chi connectivity index (χ1v) is 5.87. The maximum absolute atomic E-state index is 11.4. The lowest BCUT2D eigenvalue weighted by Crippen LogP contribution is -2.01. The van der Waals surface area contributed by atoms with Gasteiger partial charge in [0, 0.05) is 0 Å². The number of amides is 1. The molecule has 0 aromatic heterocycles. The fourth-order valence-corrected chi connectivity index (χ4v) is 2.11. The summed E-state index contributed by atoms with van der Waals surface area (Å²) in [7, 11) is 0. The summed E-state index contributed by atoms with van der Waals surface area (Å²) in [6, 6.07) is 8.10. The molecule has 0 aliphatic carbocycles. The van der Waals surface area contributed by atoms with Crippen LogP contribution in [0.15, 0.2) is 34.2 Å². The lowest BCUT2D eigenvalue weighted by atomic mass is 10.1. The van der Waals surface area contributed by atoms with Crippen molar-refractivity contribution in [3.8, 4) is 0 Å². The summed E-state index contributed by atoms with van der Waals surface area (Å²) in [5.41, 5.74) is 7.75. The van der Waals surface area contributed by atoms with Crippen molar-refractivity contribution in [2.45, 2.75) is 13.3 Å². The van der Waals surface area contributed by atoms with Crippen LogP contribution in [0.25, 0.3) is 6.08 Å². The fourth-order valence-electron chi connectivity index (χ4n) is 1.43. The third-order valence-electron chi connectivity index (χ3n) is 2.32. The Bertz CT molecular complexity index is 474. The van der Waals surface area contributed by atoms with Crippen LogP contribution in [0.1, 0.15) is 18.1 Å². The SMILES string of the molecule is CCc1ccc(/C=C2/SC(N)=NC2=O)cc1. The lowest BCUT2D eigenvalue weighted by Gasteiger charge is -1.98. The van der Waals surface area contributed by atoms with Gasteiger partial charge in [0.25, 0.3) is 5.91 Å². The number of aryl methyl sites for hydroxylation is 1. The van der Waals surface area contributed by atoms with Gasteiger partial charge < -0.3 is 5.73 Å². The third-order valence-corrected chi connectivity index (χ3v) is 3.14. The van der Waals surface area contributed by atoms with E-state index in [0.717, 1.165) is 12.0 Å². The number of thioether (sulfide) groups is 1. The van der Waals surface area contributed by atoms with Gasteiger partial charge in [0.1, 0.15) is 0 Å². The smallest absolute Gasteiger partial charge is 0.286 e. The normalized spacial score (nSPS) is 17.9. The molecule has 1 heterocycles. The molecule has 1 amide bonds. The van der Waals surface area contributed by atoms with Crippen LogP contribution in [0.3, 0.4) is 0 Å². The molecule has 3 nitrogen and oxygen atoms in total. The minimum absolute atomic E-state index is 0.248. The molecule has 1 aliphatic heterocycles. The quantitative estimate of drug-likeness (QED) is 0.795. The number of nitrogens with two attached hydrogens (primary N) is 1. The highest BCUT2D eigenvalue weighted by molar-refractivity contribution is 8.18. The van der Waals surface area contributed by atoms with E-state index in [1.54, 1.807) is 0 Å². The number of nitrogens with zero attached hydrogens (tertiary/aromatic N) is 1. The molecule has 2 N–H and O–H groups in total. The van der Waals surface area contributed by atoms with Gasteiger partial charge in [-0.05, 0) is 35.4 Å². The molecule has 1 aromatic rings. The van der Waals surface area contributed by atoms with Crippen LogP contribution in [0.4, 0.5) is 0 Å². The molecule has 0 fully saturated rings. The molecule has 0 saturated carbocycles. The molecule has 0 radical (unpaired) electrons. The first-order chi connectivity index (χ1) is 7.69. The van der Waals surface area contributed by atoms with E-state index in [1.165, 1.54) is 17.3 Å². The number of hydrogen-bond donors (Lipinski definition) is 1. The number of benzene rings is 1. The Hall–Kier alpha value is -1.55. The molecule has 0 unspecified atom stereocenters. The molecule has 4 heteroatoms. The number of carbonyl (C=O) groups excluding carboxylic acids is 1. The van der Waals surface area contributed by atoms with Gasteiger partial charge in [-0.2, -0.15) is 4.99 Å². The van der Waals surface area contributed by atoms with E-state index >= 15 is 0 Å². The highest BCUT2D eigenvalue weighted by atomic mass is 32.2. The predicted octanol–water partition coefficient (Wildman–Crippen LogP) is 2.18. The largest absolute Gasteiger partial charge is 0.378 e. The standard InChI is InChI=1S/C12H12N2OS/c1-2-8-3-5-9(6-4-8)7-10-11(15)14-12(13)16-10/h3-7H,2H2,1H3,(H2,13,14,15)/b10-7+. The first kappa shape index (κ1) is 11.0. The van der Waals surface area contributed by atoms with Crippen molar-refractivity contribution >= 4 is 28.9 Å². The topological polar surface area (TPSA) is 55.4 Å². The molecule has 82 valence electrons. The summed E-state index contributed by atoms with van der Waals surface area (Å²) < 4.78 is 0. The Morgan fingerprint density at radius 3 is 2.56 bits per heavy atom. The summed E-state index contributed by atoms with van der Waals surface area (Å²) in [4.78, 5) is 15.6. The maximum atomic E-state index is 11.4. The summed E-state index contributed by atoms with van der Waals surface area (Å²) in [5, 5.41) is 0.321. The van der Waals surface area contributed by atoms with Gasteiger partial charge in [0.05, 0.1) is 4.91 Å². The summed E-state index contributed by atoms with van der Waals surface area (Å²) in [6.45, 7) is 2.11. The van der Waals surface area contributed by atoms with E-state index in [9.17, 15) is 4.79 Å². The molecule has 1 aromatic carbocycles. The molecule has 1 aliphatic rings. The zero-order valence-electron chi connectivity index (χ0n) is 8.93. The second kappa shape index (κ2) is 4.53. The van der Waals surface area contributed by atoms with Crippen molar-refractivity contribution in [1.29, 1.82) is 0 Å². The van der Waals surface area contributed by atoms with Gasteiger partial charge in [-0.3, -0.25) is 4.79 Å². The Morgan fingerprint density at radius 2 is 2.06 bits per heavy atom. The summed E-state index contributed by atoms with van der Waals surface area (Å²) >= 11 is 1.22. The molecule has 0 bridgehead atoms. The highest BCUT2D eigenvalue weighted by Gasteiger charge is 2.19.